The van der Waals surface area contributed by atoms with E-state index < -0.39 is 26.6 Å². The van der Waals surface area contributed by atoms with Crippen LogP contribution >= 0.6 is 11.8 Å². The summed E-state index contributed by atoms with van der Waals surface area (Å²) >= 11 is 1.75. The molecule has 1 aromatic rings. The van der Waals surface area contributed by atoms with E-state index in [1.54, 1.807) is 11.8 Å². The van der Waals surface area contributed by atoms with Gasteiger partial charge < -0.3 is 4.90 Å². The molecule has 0 saturated carbocycles. The highest BCUT2D eigenvalue weighted by Gasteiger charge is 2.35. The Balaban J connectivity index is 1.86. The number of nitrogens with zero attached hydrogens (tertiary/aromatic N) is 2. The van der Waals surface area contributed by atoms with E-state index in [0.29, 0.717) is 24.9 Å². The molecule has 0 bridgehead atoms. The van der Waals surface area contributed by atoms with Crippen LogP contribution in [0.1, 0.15) is 25.7 Å². The van der Waals surface area contributed by atoms with E-state index in [9.17, 15) is 17.2 Å². The maximum Gasteiger partial charge on any atom is 0.246 e. The minimum atomic E-state index is -3.98. The van der Waals surface area contributed by atoms with E-state index >= 15 is 0 Å². The Kier molecular flexibility index (Phi) is 6.35. The summed E-state index contributed by atoms with van der Waals surface area (Å²) < 4.78 is 54.9. The summed E-state index contributed by atoms with van der Waals surface area (Å²) in [6.45, 7) is 3.03. The van der Waals surface area contributed by atoms with Gasteiger partial charge in [-0.2, -0.15) is 16.1 Å². The molecule has 8 heteroatoms. The van der Waals surface area contributed by atoms with E-state index in [1.165, 1.54) is 10.7 Å². The summed E-state index contributed by atoms with van der Waals surface area (Å²) in [5.74, 6) is -0.186. The first-order chi connectivity index (χ1) is 12.0. The Bertz CT molecular complexity index is 694. The lowest BCUT2D eigenvalue weighted by atomic mass is 10.1. The number of piperidine rings is 1. The molecule has 2 saturated heterocycles. The van der Waals surface area contributed by atoms with Gasteiger partial charge in [-0.3, -0.25) is 0 Å². The van der Waals surface area contributed by atoms with Crippen molar-refractivity contribution < 1.29 is 17.2 Å². The molecular weight excluding hydrogens is 366 g/mol. The zero-order chi connectivity index (χ0) is 17.9. The Morgan fingerprint density at radius 1 is 1.08 bits per heavy atom. The Morgan fingerprint density at radius 3 is 2.56 bits per heavy atom. The van der Waals surface area contributed by atoms with Crippen LogP contribution in [0.25, 0.3) is 0 Å². The molecule has 0 aliphatic carbocycles. The lowest BCUT2D eigenvalue weighted by molar-refractivity contribution is 0.183. The van der Waals surface area contributed by atoms with Gasteiger partial charge >= 0.3 is 0 Å². The van der Waals surface area contributed by atoms with E-state index in [-0.39, 0.29) is 6.04 Å². The Hall–Kier alpha value is -0.700. The van der Waals surface area contributed by atoms with Crippen molar-refractivity contribution in [3.05, 3.63) is 29.8 Å². The molecule has 2 aliphatic rings. The third kappa shape index (κ3) is 4.53. The third-order valence-corrected chi connectivity index (χ3v) is 7.97. The molecule has 0 spiro atoms. The fourth-order valence-electron chi connectivity index (χ4n) is 3.52. The standard InChI is InChI=1S/C17H24F2N2O2S2/c18-14-5-6-17(16(19)11-14)25(22,23)21-9-4-10-24-13-15(21)12-20-7-2-1-3-8-20/h5-6,11,15H,1-4,7-10,12-13H2. The van der Waals surface area contributed by atoms with Crippen molar-refractivity contribution >= 4 is 21.8 Å². The van der Waals surface area contributed by atoms with Crippen molar-refractivity contribution in [3.8, 4) is 0 Å². The first kappa shape index (κ1) is 19.1. The van der Waals surface area contributed by atoms with Crippen molar-refractivity contribution in [2.24, 2.45) is 0 Å². The molecule has 1 unspecified atom stereocenters. The molecule has 140 valence electrons. The van der Waals surface area contributed by atoms with Crippen LogP contribution in [0.15, 0.2) is 23.1 Å². The molecule has 2 aliphatic heterocycles. The SMILES string of the molecule is O=S(=O)(c1ccc(F)cc1F)N1CCCSCC1CN1CCCCC1. The number of halogens is 2. The summed E-state index contributed by atoms with van der Waals surface area (Å²) in [5, 5.41) is 0. The average molecular weight is 391 g/mol. The lowest BCUT2D eigenvalue weighted by Crippen LogP contribution is -2.49. The molecule has 3 rings (SSSR count). The van der Waals surface area contributed by atoms with Crippen molar-refractivity contribution in [2.75, 3.05) is 37.7 Å². The highest BCUT2D eigenvalue weighted by molar-refractivity contribution is 7.99. The third-order valence-electron chi connectivity index (χ3n) is 4.78. The van der Waals surface area contributed by atoms with E-state index in [2.05, 4.69) is 4.90 Å². The number of benzene rings is 1. The summed E-state index contributed by atoms with van der Waals surface area (Å²) in [6, 6.07) is 2.50. The van der Waals surface area contributed by atoms with Gasteiger partial charge in [0.05, 0.1) is 0 Å². The van der Waals surface area contributed by atoms with Crippen LogP contribution in [0.2, 0.25) is 0 Å². The van der Waals surface area contributed by atoms with E-state index in [0.717, 1.165) is 50.2 Å². The first-order valence-corrected chi connectivity index (χ1v) is 11.3. The van der Waals surface area contributed by atoms with E-state index in [4.69, 9.17) is 0 Å². The van der Waals surface area contributed by atoms with Gasteiger partial charge in [-0.15, -0.1) is 0 Å². The summed E-state index contributed by atoms with van der Waals surface area (Å²) in [4.78, 5) is 1.88. The molecular formula is C17H24F2N2O2S2. The molecule has 0 N–H and O–H groups in total. The second-order valence-electron chi connectivity index (χ2n) is 6.63. The Morgan fingerprint density at radius 2 is 1.84 bits per heavy atom. The number of sulfonamides is 1. The predicted molar refractivity (Wildman–Crippen MR) is 96.3 cm³/mol. The number of hydrogen-bond acceptors (Lipinski definition) is 4. The van der Waals surface area contributed by atoms with Gasteiger partial charge in [0.25, 0.3) is 0 Å². The van der Waals surface area contributed by atoms with Crippen LogP contribution in [-0.4, -0.2) is 61.3 Å². The fourth-order valence-corrected chi connectivity index (χ4v) is 6.37. The number of likely N-dealkylation sites (tertiary alicyclic amines) is 1. The van der Waals surface area contributed by atoms with Crippen LogP contribution in [0.3, 0.4) is 0 Å². The molecule has 1 atom stereocenters. The highest BCUT2D eigenvalue weighted by atomic mass is 32.2. The molecule has 2 fully saturated rings. The summed E-state index contributed by atoms with van der Waals surface area (Å²) in [7, 11) is -3.98. The minimum absolute atomic E-state index is 0.181. The van der Waals surface area contributed by atoms with Crippen molar-refractivity contribution in [1.29, 1.82) is 0 Å². The maximum absolute atomic E-state index is 14.1. The quantitative estimate of drug-likeness (QED) is 0.793. The van der Waals surface area contributed by atoms with Crippen molar-refractivity contribution in [2.45, 2.75) is 36.6 Å². The molecule has 25 heavy (non-hydrogen) atoms. The largest absolute Gasteiger partial charge is 0.302 e. The van der Waals surface area contributed by atoms with Crippen LogP contribution in [-0.2, 0) is 10.0 Å². The molecule has 2 heterocycles. The van der Waals surface area contributed by atoms with Crippen LogP contribution in [0.4, 0.5) is 8.78 Å². The van der Waals surface area contributed by atoms with Gasteiger partial charge in [0, 0.05) is 31.0 Å². The topological polar surface area (TPSA) is 40.6 Å². The van der Waals surface area contributed by atoms with Gasteiger partial charge in [-0.25, -0.2) is 17.2 Å². The summed E-state index contributed by atoms with van der Waals surface area (Å²) in [5.41, 5.74) is 0. The first-order valence-electron chi connectivity index (χ1n) is 8.75. The molecule has 4 nitrogen and oxygen atoms in total. The lowest BCUT2D eigenvalue weighted by Gasteiger charge is -2.35. The smallest absolute Gasteiger partial charge is 0.246 e. The van der Waals surface area contributed by atoms with E-state index in [1.807, 2.05) is 0 Å². The van der Waals surface area contributed by atoms with Crippen molar-refractivity contribution in [3.63, 3.8) is 0 Å². The summed E-state index contributed by atoms with van der Waals surface area (Å²) in [6.07, 6.45) is 4.24. The van der Waals surface area contributed by atoms with Gasteiger partial charge in [-0.05, 0) is 50.2 Å². The number of hydrogen-bond donors (Lipinski definition) is 0. The second kappa shape index (κ2) is 8.33. The fraction of sp³-hybridized carbons (Fsp3) is 0.647. The average Bonchev–Trinajstić information content (AvgIpc) is 2.81. The Labute approximate surface area is 152 Å². The molecule has 0 amide bonds. The van der Waals surface area contributed by atoms with Gasteiger partial charge in [0.15, 0.2) is 0 Å². The highest BCUT2D eigenvalue weighted by Crippen LogP contribution is 2.27. The molecule has 1 aromatic carbocycles. The van der Waals surface area contributed by atoms with Crippen LogP contribution < -0.4 is 0 Å². The van der Waals surface area contributed by atoms with Gasteiger partial charge in [-0.1, -0.05) is 6.42 Å². The zero-order valence-electron chi connectivity index (χ0n) is 14.2. The monoisotopic (exact) mass is 390 g/mol. The molecule has 0 aromatic heterocycles. The van der Waals surface area contributed by atoms with Gasteiger partial charge in [0.1, 0.15) is 16.5 Å². The van der Waals surface area contributed by atoms with Gasteiger partial charge in [0.2, 0.25) is 10.0 Å². The normalized spacial score (nSPS) is 24.2. The number of rotatable bonds is 4. The second-order valence-corrected chi connectivity index (χ2v) is 9.64. The minimum Gasteiger partial charge on any atom is -0.302 e. The zero-order valence-corrected chi connectivity index (χ0v) is 15.8. The number of thioether (sulfide) groups is 1. The maximum atomic E-state index is 14.1. The van der Waals surface area contributed by atoms with Crippen molar-refractivity contribution in [1.82, 2.24) is 9.21 Å². The predicted octanol–water partition coefficient (Wildman–Crippen LogP) is 2.95. The van der Waals surface area contributed by atoms with Crippen LogP contribution in [0.5, 0.6) is 0 Å². The van der Waals surface area contributed by atoms with Crippen LogP contribution in [0, 0.1) is 11.6 Å². The molecule has 0 radical (unpaired) electrons.